The molecule has 4 heteroatoms. The highest BCUT2D eigenvalue weighted by atomic mass is 32.1. The standard InChI is InChI=1S/C14H14N2OS/c17-11(8-12-4-3-7-18-12)9-16-10-15-13-5-1-2-6-14(13)16/h1-7,10-11,17H,8-9H2. The monoisotopic (exact) mass is 258 g/mol. The van der Waals surface area contributed by atoms with Crippen LogP contribution in [0.15, 0.2) is 48.1 Å². The van der Waals surface area contributed by atoms with E-state index in [1.165, 1.54) is 4.88 Å². The Balaban J connectivity index is 1.76. The molecule has 2 aromatic heterocycles. The number of rotatable bonds is 4. The molecule has 0 aliphatic carbocycles. The molecule has 0 aliphatic heterocycles. The number of para-hydroxylation sites is 2. The van der Waals surface area contributed by atoms with Gasteiger partial charge >= 0.3 is 0 Å². The summed E-state index contributed by atoms with van der Waals surface area (Å²) in [6.07, 6.45) is 2.12. The Morgan fingerprint density at radius 1 is 1.22 bits per heavy atom. The van der Waals surface area contributed by atoms with E-state index in [-0.39, 0.29) is 6.10 Å². The van der Waals surface area contributed by atoms with Gasteiger partial charge in [-0.05, 0) is 23.6 Å². The molecule has 1 aromatic carbocycles. The van der Waals surface area contributed by atoms with Crippen molar-refractivity contribution in [2.24, 2.45) is 0 Å². The molecule has 3 aromatic rings. The third-order valence-electron chi connectivity index (χ3n) is 2.95. The maximum absolute atomic E-state index is 10.1. The van der Waals surface area contributed by atoms with Gasteiger partial charge in [-0.3, -0.25) is 0 Å². The van der Waals surface area contributed by atoms with Gasteiger partial charge in [-0.25, -0.2) is 4.98 Å². The number of aromatic nitrogens is 2. The fourth-order valence-corrected chi connectivity index (χ4v) is 2.89. The van der Waals surface area contributed by atoms with E-state index in [2.05, 4.69) is 11.1 Å². The molecule has 1 atom stereocenters. The Morgan fingerprint density at radius 3 is 2.94 bits per heavy atom. The zero-order valence-electron chi connectivity index (χ0n) is 9.86. The van der Waals surface area contributed by atoms with Crippen molar-refractivity contribution in [1.29, 1.82) is 0 Å². The lowest BCUT2D eigenvalue weighted by Crippen LogP contribution is -2.17. The van der Waals surface area contributed by atoms with Gasteiger partial charge in [0.05, 0.1) is 30.0 Å². The van der Waals surface area contributed by atoms with Gasteiger partial charge < -0.3 is 9.67 Å². The maximum Gasteiger partial charge on any atom is 0.0959 e. The second kappa shape index (κ2) is 4.92. The molecule has 0 saturated heterocycles. The molecule has 18 heavy (non-hydrogen) atoms. The summed E-state index contributed by atoms with van der Waals surface area (Å²) in [6.45, 7) is 0.582. The molecule has 0 aliphatic rings. The molecular weight excluding hydrogens is 244 g/mol. The number of aliphatic hydroxyl groups is 1. The number of hydrogen-bond acceptors (Lipinski definition) is 3. The largest absolute Gasteiger partial charge is 0.391 e. The molecule has 0 spiro atoms. The van der Waals surface area contributed by atoms with Gasteiger partial charge in [-0.2, -0.15) is 0 Å². The number of thiophene rings is 1. The van der Waals surface area contributed by atoms with E-state index in [4.69, 9.17) is 0 Å². The van der Waals surface area contributed by atoms with Crippen molar-refractivity contribution in [3.63, 3.8) is 0 Å². The molecule has 0 saturated carbocycles. The van der Waals surface area contributed by atoms with Crippen LogP contribution in [0, 0.1) is 0 Å². The Hall–Kier alpha value is -1.65. The molecule has 3 nitrogen and oxygen atoms in total. The first-order valence-electron chi connectivity index (χ1n) is 5.93. The van der Waals surface area contributed by atoms with Crippen molar-refractivity contribution >= 4 is 22.4 Å². The van der Waals surface area contributed by atoms with Gasteiger partial charge in [0.2, 0.25) is 0 Å². The third kappa shape index (κ3) is 2.30. The van der Waals surface area contributed by atoms with E-state index < -0.39 is 0 Å². The van der Waals surface area contributed by atoms with Gasteiger partial charge in [0, 0.05) is 11.3 Å². The highest BCUT2D eigenvalue weighted by molar-refractivity contribution is 7.09. The lowest BCUT2D eigenvalue weighted by molar-refractivity contribution is 0.156. The molecule has 0 amide bonds. The summed E-state index contributed by atoms with van der Waals surface area (Å²) in [5.74, 6) is 0. The Bertz CT molecular complexity index is 630. The summed E-state index contributed by atoms with van der Waals surface area (Å²) in [7, 11) is 0. The van der Waals surface area contributed by atoms with Crippen LogP contribution in [0.5, 0.6) is 0 Å². The average Bonchev–Trinajstić information content (AvgIpc) is 3.00. The zero-order chi connectivity index (χ0) is 12.4. The number of fused-ring (bicyclic) bond motifs is 1. The molecule has 0 fully saturated rings. The topological polar surface area (TPSA) is 38.0 Å². The fraction of sp³-hybridized carbons (Fsp3) is 0.214. The van der Waals surface area contributed by atoms with Crippen molar-refractivity contribution in [3.05, 3.63) is 53.0 Å². The van der Waals surface area contributed by atoms with Crippen molar-refractivity contribution in [1.82, 2.24) is 9.55 Å². The minimum absolute atomic E-state index is 0.374. The van der Waals surface area contributed by atoms with Crippen LogP contribution in [0.4, 0.5) is 0 Å². The van der Waals surface area contributed by atoms with Crippen LogP contribution in [0.25, 0.3) is 11.0 Å². The second-order valence-corrected chi connectivity index (χ2v) is 5.36. The lowest BCUT2D eigenvalue weighted by atomic mass is 10.2. The van der Waals surface area contributed by atoms with E-state index in [1.807, 2.05) is 40.3 Å². The normalized spacial score (nSPS) is 12.9. The summed E-state index contributed by atoms with van der Waals surface area (Å²) in [5, 5.41) is 12.1. The van der Waals surface area contributed by atoms with Crippen LogP contribution >= 0.6 is 11.3 Å². The van der Waals surface area contributed by atoms with Crippen molar-refractivity contribution in [2.45, 2.75) is 19.1 Å². The molecule has 2 heterocycles. The summed E-state index contributed by atoms with van der Waals surface area (Å²) < 4.78 is 2.01. The van der Waals surface area contributed by atoms with E-state index >= 15 is 0 Å². The fourth-order valence-electron chi connectivity index (χ4n) is 2.11. The molecule has 1 N–H and O–H groups in total. The lowest BCUT2D eigenvalue weighted by Gasteiger charge is -2.11. The molecule has 0 bridgehead atoms. The SMILES string of the molecule is OC(Cc1cccs1)Cn1cnc2ccccc21. The predicted molar refractivity (Wildman–Crippen MR) is 73.8 cm³/mol. The first kappa shape index (κ1) is 11.4. The van der Waals surface area contributed by atoms with Gasteiger partial charge in [-0.15, -0.1) is 11.3 Å². The van der Waals surface area contributed by atoms with Crippen LogP contribution in [-0.2, 0) is 13.0 Å². The van der Waals surface area contributed by atoms with Gasteiger partial charge in [-0.1, -0.05) is 18.2 Å². The van der Waals surface area contributed by atoms with Gasteiger partial charge in [0.15, 0.2) is 0 Å². The Labute approximate surface area is 109 Å². The smallest absolute Gasteiger partial charge is 0.0959 e. The zero-order valence-corrected chi connectivity index (χ0v) is 10.7. The number of hydrogen-bond donors (Lipinski definition) is 1. The van der Waals surface area contributed by atoms with Crippen LogP contribution in [-0.4, -0.2) is 20.8 Å². The first-order chi connectivity index (χ1) is 8.83. The number of aliphatic hydroxyl groups excluding tert-OH is 1. The number of imidazole rings is 1. The van der Waals surface area contributed by atoms with Crippen LogP contribution in [0.1, 0.15) is 4.88 Å². The Morgan fingerprint density at radius 2 is 2.11 bits per heavy atom. The molecule has 3 rings (SSSR count). The molecule has 92 valence electrons. The summed E-state index contributed by atoms with van der Waals surface area (Å²) in [5.41, 5.74) is 2.04. The summed E-state index contributed by atoms with van der Waals surface area (Å²) in [6, 6.07) is 12.0. The average molecular weight is 258 g/mol. The van der Waals surface area contributed by atoms with E-state index in [0.717, 1.165) is 11.0 Å². The summed E-state index contributed by atoms with van der Waals surface area (Å²) in [4.78, 5) is 5.54. The minimum Gasteiger partial charge on any atom is -0.391 e. The third-order valence-corrected chi connectivity index (χ3v) is 3.85. The van der Waals surface area contributed by atoms with Crippen LogP contribution in [0.3, 0.4) is 0 Å². The van der Waals surface area contributed by atoms with Gasteiger partial charge in [0.1, 0.15) is 0 Å². The van der Waals surface area contributed by atoms with E-state index in [9.17, 15) is 5.11 Å². The highest BCUT2D eigenvalue weighted by Crippen LogP contribution is 2.15. The predicted octanol–water partition coefficient (Wildman–Crippen LogP) is 2.70. The van der Waals surface area contributed by atoms with Crippen molar-refractivity contribution < 1.29 is 5.11 Å². The van der Waals surface area contributed by atoms with Crippen molar-refractivity contribution in [3.8, 4) is 0 Å². The summed E-state index contributed by atoms with van der Waals surface area (Å²) >= 11 is 1.68. The highest BCUT2D eigenvalue weighted by Gasteiger charge is 2.09. The minimum atomic E-state index is -0.374. The van der Waals surface area contributed by atoms with Gasteiger partial charge in [0.25, 0.3) is 0 Å². The Kier molecular flexibility index (Phi) is 3.13. The first-order valence-corrected chi connectivity index (χ1v) is 6.81. The van der Waals surface area contributed by atoms with Crippen LogP contribution in [0.2, 0.25) is 0 Å². The second-order valence-electron chi connectivity index (χ2n) is 4.32. The van der Waals surface area contributed by atoms with Crippen molar-refractivity contribution in [2.75, 3.05) is 0 Å². The van der Waals surface area contributed by atoms with E-state index in [1.54, 1.807) is 17.7 Å². The quantitative estimate of drug-likeness (QED) is 0.781. The molecular formula is C14H14N2OS. The maximum atomic E-state index is 10.1. The number of benzene rings is 1. The van der Waals surface area contributed by atoms with E-state index in [0.29, 0.717) is 13.0 Å². The number of nitrogens with zero attached hydrogens (tertiary/aromatic N) is 2. The molecule has 0 radical (unpaired) electrons. The molecule has 1 unspecified atom stereocenters. The van der Waals surface area contributed by atoms with Crippen LogP contribution < -0.4 is 0 Å².